The van der Waals surface area contributed by atoms with Crippen LogP contribution in [-0.2, 0) is 41.2 Å². The van der Waals surface area contributed by atoms with Gasteiger partial charge in [0.2, 0.25) is 11.8 Å². The maximum absolute atomic E-state index is 14.0. The number of aromatic nitrogens is 4. The Balaban J connectivity index is 0.00000673. The third kappa shape index (κ3) is 9.08. The first kappa shape index (κ1) is 43.5. The number of rotatable bonds is 13. The molecule has 2 amide bonds. The molecule has 6 N–H and O–H groups in total. The van der Waals surface area contributed by atoms with Crippen molar-refractivity contribution in [3.8, 4) is 0 Å². The van der Waals surface area contributed by atoms with Crippen molar-refractivity contribution in [1.82, 2.24) is 30.6 Å². The second-order valence-electron chi connectivity index (χ2n) is 14.3. The third-order valence-electron chi connectivity index (χ3n) is 10.7. The zero-order valence-corrected chi connectivity index (χ0v) is 33.9. The quantitative estimate of drug-likeness (QED) is 0.0951. The molecule has 0 spiro atoms. The fourth-order valence-corrected chi connectivity index (χ4v) is 7.63. The molecule has 0 radical (unpaired) electrons. The first-order valence-corrected chi connectivity index (χ1v) is 18.5. The number of esters is 1. The van der Waals surface area contributed by atoms with Crippen LogP contribution >= 0.6 is 0 Å². The number of carbonyl (C=O) groups excluding carboxylic acids is 4. The van der Waals surface area contributed by atoms with Crippen LogP contribution in [-0.4, -0.2) is 83.2 Å². The zero-order valence-electron chi connectivity index (χ0n) is 32.4. The Labute approximate surface area is 334 Å². The van der Waals surface area contributed by atoms with Crippen LogP contribution in [0, 0.1) is 13.8 Å². The van der Waals surface area contributed by atoms with Crippen molar-refractivity contribution < 1.29 is 54.6 Å². The summed E-state index contributed by atoms with van der Waals surface area (Å²) in [5.74, 6) is -2.15. The van der Waals surface area contributed by atoms with Crippen molar-refractivity contribution in [1.29, 1.82) is 0 Å². The molecule has 5 atom stereocenters. The molecule has 0 aliphatic carbocycles. The number of aryl methyl sites for hydroxylation is 2. The first-order chi connectivity index (χ1) is 25.7. The number of hydrogen-bond donors (Lipinski definition) is 5. The predicted octanol–water partition coefficient (Wildman–Crippen LogP) is 3.23. The number of hydrogen-bond acceptors (Lipinski definition) is 10. The van der Waals surface area contributed by atoms with E-state index in [0.29, 0.717) is 50.2 Å². The van der Waals surface area contributed by atoms with E-state index in [-0.39, 0.29) is 99.8 Å². The van der Waals surface area contributed by atoms with Crippen LogP contribution in [0.15, 0.2) is 18.2 Å². The van der Waals surface area contributed by atoms with Crippen LogP contribution in [0.1, 0.15) is 131 Å². The molecule has 14 nitrogen and oxygen atoms in total. The van der Waals surface area contributed by atoms with Gasteiger partial charge in [-0.2, -0.15) is 0 Å². The van der Waals surface area contributed by atoms with Gasteiger partial charge >= 0.3 is 26.4 Å². The molecule has 0 saturated carbocycles. The van der Waals surface area contributed by atoms with E-state index in [1.165, 1.54) is 14.0 Å². The molecular weight excluding hydrogens is 797 g/mol. The predicted molar refractivity (Wildman–Crippen MR) is 203 cm³/mol. The summed E-state index contributed by atoms with van der Waals surface area (Å²) in [6.07, 6.45) is -0.259. The Bertz CT molecular complexity index is 2110. The molecule has 2 aliphatic heterocycles. The molecule has 1 unspecified atom stereocenters. The maximum Gasteiger partial charge on any atom is 2.00 e. The topological polar surface area (TPSA) is 222 Å². The van der Waals surface area contributed by atoms with E-state index in [9.17, 15) is 29.4 Å². The summed E-state index contributed by atoms with van der Waals surface area (Å²) in [6, 6.07) is 5.62. The van der Waals surface area contributed by atoms with Gasteiger partial charge in [0.25, 0.3) is 0 Å². The van der Waals surface area contributed by atoms with Crippen molar-refractivity contribution in [2.75, 3.05) is 33.4 Å². The van der Waals surface area contributed by atoms with E-state index >= 15 is 0 Å². The number of aliphatic hydroxyl groups is 2. The van der Waals surface area contributed by atoms with Crippen LogP contribution in [0.3, 0.4) is 0 Å². The number of fused-ring (bicyclic) bond motifs is 8. The Morgan fingerprint density at radius 3 is 2.18 bits per heavy atom. The molecule has 8 bridgehead atoms. The van der Waals surface area contributed by atoms with Crippen molar-refractivity contribution in [3.63, 3.8) is 0 Å². The van der Waals surface area contributed by atoms with Crippen LogP contribution in [0.25, 0.3) is 22.1 Å². The van der Waals surface area contributed by atoms with Gasteiger partial charge in [-0.1, -0.05) is 50.1 Å². The van der Waals surface area contributed by atoms with Gasteiger partial charge in [0, 0.05) is 83.6 Å². The van der Waals surface area contributed by atoms with Gasteiger partial charge in [-0.05, 0) is 39.2 Å². The van der Waals surface area contributed by atoms with Crippen molar-refractivity contribution in [3.05, 3.63) is 68.8 Å². The SMILES string of the molecule is CC[C@H]1c2cc3[n-]c(c(CC(=O)OC)c4nc(cc5[n-]c(cc(n2)[C@@H]1C)c(C(C)=O)c5C)[C@@H](C)[C@@H]4CCC(=O)NCC(O)CO)c(C(=O)NCCN)c3C.[Pd+2]. The van der Waals surface area contributed by atoms with Crippen LogP contribution in [0.4, 0.5) is 0 Å². The number of nitrogens with two attached hydrogens (primary N) is 1. The summed E-state index contributed by atoms with van der Waals surface area (Å²) in [5.41, 5.74) is 12.7. The average Bonchev–Trinajstić information content (AvgIpc) is 3.83. The van der Waals surface area contributed by atoms with Crippen LogP contribution < -0.4 is 26.3 Å². The van der Waals surface area contributed by atoms with Crippen LogP contribution in [0.5, 0.6) is 0 Å². The Hall–Kier alpha value is -4.26. The number of methoxy groups -OCH3 is 1. The third-order valence-corrected chi connectivity index (χ3v) is 10.7. The molecule has 5 heterocycles. The molecule has 3 aromatic rings. The maximum atomic E-state index is 14.0. The number of carbonyl (C=O) groups is 4. The number of Topliss-reactive ketones (excluding diaryl/α,β-unsaturated/α-hetero) is 1. The second kappa shape index (κ2) is 18.6. The van der Waals surface area contributed by atoms with E-state index < -0.39 is 30.5 Å². The molecule has 298 valence electrons. The molecule has 0 aromatic carbocycles. The number of nitrogens with one attached hydrogen (secondary N) is 2. The summed E-state index contributed by atoms with van der Waals surface area (Å²) in [6.45, 7) is 11.2. The number of ether oxygens (including phenoxy) is 1. The molecule has 0 fully saturated rings. The standard InChI is InChI=1S/C40H53N7O7.Pd/c1-8-25-19(2)28-16-33-36(23(6)49)21(4)30(45-33)14-29-20(3)26(9-10-34(51)43-17-24(50)18-48)38(46-29)27(13-35(52)54-7)39-37(40(53)42-12-11-41)22(5)31(47-39)15-32(25)44-28;/h14-16,19-20,24-26,48,50H,8-13,17-18,41H2,1-7H3,(H4,42,43,44,45,46,47,49,51,53);/q;+2/p-2/t19-,20+,24?,25-,26+;/m1./s1. The van der Waals surface area contributed by atoms with Crippen molar-refractivity contribution in [2.45, 2.75) is 97.0 Å². The van der Waals surface area contributed by atoms with Crippen molar-refractivity contribution in [2.24, 2.45) is 5.73 Å². The molecule has 3 aromatic heterocycles. The Kier molecular flexibility index (Phi) is 14.7. The van der Waals surface area contributed by atoms with E-state index in [0.717, 1.165) is 17.8 Å². The summed E-state index contributed by atoms with van der Waals surface area (Å²) in [5, 5.41) is 24.5. The number of ketones is 1. The summed E-state index contributed by atoms with van der Waals surface area (Å²) in [4.78, 5) is 73.4. The monoisotopic (exact) mass is 847 g/mol. The first-order valence-electron chi connectivity index (χ1n) is 18.5. The fourth-order valence-electron chi connectivity index (χ4n) is 7.63. The Morgan fingerprint density at radius 2 is 1.55 bits per heavy atom. The minimum Gasteiger partial charge on any atom is -0.657 e. The number of amides is 2. The van der Waals surface area contributed by atoms with Gasteiger partial charge in [-0.3, -0.25) is 29.1 Å². The van der Waals surface area contributed by atoms with Crippen molar-refractivity contribution >= 4 is 45.6 Å². The number of nitrogens with zero attached hydrogens (tertiary/aromatic N) is 4. The normalized spacial score (nSPS) is 18.3. The van der Waals surface area contributed by atoms with E-state index in [1.54, 1.807) is 0 Å². The largest absolute Gasteiger partial charge is 2.00 e. The summed E-state index contributed by atoms with van der Waals surface area (Å²) in [7, 11) is 1.28. The Morgan fingerprint density at radius 1 is 0.927 bits per heavy atom. The van der Waals surface area contributed by atoms with Crippen LogP contribution in [0.2, 0.25) is 0 Å². The van der Waals surface area contributed by atoms with E-state index in [1.807, 2.05) is 39.0 Å². The molecular formula is C40H51N7O7Pd. The molecule has 55 heavy (non-hydrogen) atoms. The van der Waals surface area contributed by atoms with Gasteiger partial charge in [-0.25, -0.2) is 0 Å². The smallest absolute Gasteiger partial charge is 0.657 e. The van der Waals surface area contributed by atoms with Gasteiger partial charge in [0.15, 0.2) is 5.78 Å². The molecule has 5 rings (SSSR count). The number of aliphatic hydroxyl groups excluding tert-OH is 2. The van der Waals surface area contributed by atoms with Gasteiger partial charge in [0.05, 0.1) is 26.2 Å². The van der Waals surface area contributed by atoms with E-state index in [2.05, 4.69) is 24.5 Å². The van der Waals surface area contributed by atoms with Gasteiger partial charge in [-0.15, -0.1) is 22.1 Å². The molecule has 2 aliphatic rings. The van der Waals surface area contributed by atoms with E-state index in [4.69, 9.17) is 30.4 Å². The second-order valence-corrected chi connectivity index (χ2v) is 14.3. The minimum atomic E-state index is -1.10. The fraction of sp³-hybridized carbons (Fsp3) is 0.500. The van der Waals surface area contributed by atoms with Gasteiger partial charge in [0.1, 0.15) is 0 Å². The molecule has 15 heteroatoms. The average molecular weight is 848 g/mol. The summed E-state index contributed by atoms with van der Waals surface area (Å²) < 4.78 is 5.16. The zero-order chi connectivity index (χ0) is 39.4. The summed E-state index contributed by atoms with van der Waals surface area (Å²) >= 11 is 0. The minimum absolute atomic E-state index is 0. The molecule has 0 saturated heterocycles. The van der Waals surface area contributed by atoms with Gasteiger partial charge < -0.3 is 41.3 Å².